The summed E-state index contributed by atoms with van der Waals surface area (Å²) in [5.74, 6) is 0.518. The van der Waals surface area contributed by atoms with Gasteiger partial charge in [0.05, 0.1) is 7.11 Å². The zero-order valence-corrected chi connectivity index (χ0v) is 15.2. The van der Waals surface area contributed by atoms with Crippen LogP contribution in [0.5, 0.6) is 5.75 Å². The molecule has 0 bridgehead atoms. The van der Waals surface area contributed by atoms with Gasteiger partial charge in [-0.25, -0.2) is 4.79 Å². The van der Waals surface area contributed by atoms with Crippen molar-refractivity contribution in [3.63, 3.8) is 0 Å². The van der Waals surface area contributed by atoms with E-state index in [4.69, 9.17) is 15.2 Å². The molecule has 7 heteroatoms. The zero-order chi connectivity index (χ0) is 18.7. The highest BCUT2D eigenvalue weighted by molar-refractivity contribution is 8.00. The van der Waals surface area contributed by atoms with Crippen LogP contribution in [0.2, 0.25) is 0 Å². The Morgan fingerprint density at radius 3 is 2.81 bits per heavy atom. The van der Waals surface area contributed by atoms with Crippen LogP contribution in [0.1, 0.15) is 5.56 Å². The normalized spacial score (nSPS) is 22.1. The maximum Gasteiger partial charge on any atom is 0.355 e. The fourth-order valence-electron chi connectivity index (χ4n) is 2.78. The average Bonchev–Trinajstić information content (AvgIpc) is 2.69. The molecule has 136 valence electrons. The topological polar surface area (TPSA) is 81.9 Å². The van der Waals surface area contributed by atoms with Crippen LogP contribution in [0.25, 0.3) is 0 Å². The molecule has 1 fully saturated rings. The van der Waals surface area contributed by atoms with Gasteiger partial charge in [-0.3, -0.25) is 9.69 Å². The molecule has 0 radical (unpaired) electrons. The summed E-state index contributed by atoms with van der Waals surface area (Å²) in [6.07, 6.45) is 5.13. The summed E-state index contributed by atoms with van der Waals surface area (Å²) in [7, 11) is 1.59. The second kappa shape index (κ2) is 7.80. The summed E-state index contributed by atoms with van der Waals surface area (Å²) in [5.41, 5.74) is 7.67. The number of nitrogens with zero attached hydrogens (tertiary/aromatic N) is 1. The van der Waals surface area contributed by atoms with Crippen molar-refractivity contribution in [1.82, 2.24) is 4.90 Å². The number of esters is 1. The molecule has 2 aliphatic heterocycles. The number of carbonyl (C=O) groups is 2. The fourth-order valence-corrected chi connectivity index (χ4v) is 4.05. The molecule has 26 heavy (non-hydrogen) atoms. The Labute approximate surface area is 156 Å². The lowest BCUT2D eigenvalue weighted by Crippen LogP contribution is -2.68. The third kappa shape index (κ3) is 3.40. The molecule has 2 N–H and O–H groups in total. The van der Waals surface area contributed by atoms with Crippen LogP contribution in [0.3, 0.4) is 0 Å². The van der Waals surface area contributed by atoms with Crippen LogP contribution < -0.4 is 10.5 Å². The Kier molecular flexibility index (Phi) is 5.49. The molecule has 2 atom stereocenters. The van der Waals surface area contributed by atoms with Gasteiger partial charge in [-0.05, 0) is 23.3 Å². The number of hydrogen-bond donors (Lipinski definition) is 1. The number of hydrogen-bond acceptors (Lipinski definition) is 6. The lowest BCUT2D eigenvalue weighted by atomic mass is 10.0. The number of rotatable bonds is 6. The number of allylic oxidation sites excluding steroid dienone is 3. The largest absolute Gasteiger partial charge is 0.497 e. The van der Waals surface area contributed by atoms with Gasteiger partial charge in [0.1, 0.15) is 29.5 Å². The van der Waals surface area contributed by atoms with Crippen molar-refractivity contribution >= 4 is 23.6 Å². The first kappa shape index (κ1) is 18.3. The highest BCUT2D eigenvalue weighted by Gasteiger charge is 2.51. The number of carbonyl (C=O) groups excluding carboxylic acids is 2. The first-order chi connectivity index (χ1) is 12.6. The first-order valence-corrected chi connectivity index (χ1v) is 9.14. The van der Waals surface area contributed by atoms with E-state index in [0.717, 1.165) is 16.9 Å². The van der Waals surface area contributed by atoms with Crippen LogP contribution in [0.4, 0.5) is 0 Å². The monoisotopic (exact) mass is 372 g/mol. The molecule has 6 nitrogen and oxygen atoms in total. The number of nitrogens with two attached hydrogens (primary N) is 1. The summed E-state index contributed by atoms with van der Waals surface area (Å²) >= 11 is 1.54. The molecule has 0 aromatic heterocycles. The molecule has 0 spiro atoms. The van der Waals surface area contributed by atoms with Crippen molar-refractivity contribution in [2.24, 2.45) is 5.73 Å². The van der Waals surface area contributed by atoms with Gasteiger partial charge >= 0.3 is 5.97 Å². The number of β-lactam (4-membered cyclic amide) rings is 1. The lowest BCUT2D eigenvalue weighted by molar-refractivity contribution is -0.151. The summed E-state index contributed by atoms with van der Waals surface area (Å²) in [6.45, 7) is 3.74. The number of fused-ring (bicyclic) bond motifs is 1. The fraction of sp³-hybridized carbons (Fsp3) is 0.263. The van der Waals surface area contributed by atoms with Gasteiger partial charge in [-0.2, -0.15) is 0 Å². The SMILES string of the molecule is C=C/C=C/C1=C(C(=O)OCc2ccc(OC)cc2)N2C(=O)[C@@H](N)[C@@H]2SC1. The van der Waals surface area contributed by atoms with Crippen LogP contribution in [0.15, 0.2) is 60.3 Å². The molecule has 1 amide bonds. The predicted molar refractivity (Wildman–Crippen MR) is 100 cm³/mol. The molecular formula is C19H20N2O4S. The molecular weight excluding hydrogens is 352 g/mol. The van der Waals surface area contributed by atoms with Crippen molar-refractivity contribution in [1.29, 1.82) is 0 Å². The minimum Gasteiger partial charge on any atom is -0.497 e. The zero-order valence-electron chi connectivity index (χ0n) is 14.4. The van der Waals surface area contributed by atoms with Gasteiger partial charge in [-0.1, -0.05) is 36.9 Å². The molecule has 2 aliphatic rings. The summed E-state index contributed by atoms with van der Waals surface area (Å²) < 4.78 is 10.6. The highest BCUT2D eigenvalue weighted by atomic mass is 32.2. The summed E-state index contributed by atoms with van der Waals surface area (Å²) in [4.78, 5) is 26.3. The van der Waals surface area contributed by atoms with E-state index in [9.17, 15) is 9.59 Å². The van der Waals surface area contributed by atoms with E-state index < -0.39 is 12.0 Å². The predicted octanol–water partition coefficient (Wildman–Crippen LogP) is 1.98. The van der Waals surface area contributed by atoms with Crippen LogP contribution in [-0.4, -0.2) is 41.1 Å². The third-order valence-corrected chi connectivity index (χ3v) is 5.52. The average molecular weight is 372 g/mol. The highest BCUT2D eigenvalue weighted by Crippen LogP contribution is 2.40. The number of amides is 1. The number of ether oxygens (including phenoxy) is 2. The molecule has 0 unspecified atom stereocenters. The minimum atomic E-state index is -0.575. The number of methoxy groups -OCH3 is 1. The van der Waals surface area contributed by atoms with Gasteiger partial charge in [0.15, 0.2) is 0 Å². The van der Waals surface area contributed by atoms with Crippen LogP contribution in [-0.2, 0) is 20.9 Å². The lowest BCUT2D eigenvalue weighted by Gasteiger charge is -2.48. The van der Waals surface area contributed by atoms with Crippen molar-refractivity contribution < 1.29 is 19.1 Å². The molecule has 0 saturated carbocycles. The van der Waals surface area contributed by atoms with Gasteiger partial charge in [-0.15, -0.1) is 11.8 Å². The quantitative estimate of drug-likeness (QED) is 0.467. The minimum absolute atomic E-state index is 0.108. The van der Waals surface area contributed by atoms with E-state index in [1.165, 1.54) is 16.7 Å². The molecule has 2 heterocycles. The second-order valence-electron chi connectivity index (χ2n) is 5.83. The van der Waals surface area contributed by atoms with E-state index in [1.54, 1.807) is 37.5 Å². The van der Waals surface area contributed by atoms with E-state index in [2.05, 4.69) is 6.58 Å². The Hall–Kier alpha value is -2.51. The van der Waals surface area contributed by atoms with Crippen molar-refractivity contribution in [2.75, 3.05) is 12.9 Å². The Balaban J connectivity index is 1.78. The summed E-state index contributed by atoms with van der Waals surface area (Å²) in [6, 6.07) is 6.67. The van der Waals surface area contributed by atoms with Gasteiger partial charge < -0.3 is 15.2 Å². The number of thioether (sulfide) groups is 1. The number of benzene rings is 1. The van der Waals surface area contributed by atoms with Crippen molar-refractivity contribution in [2.45, 2.75) is 18.0 Å². The van der Waals surface area contributed by atoms with Crippen molar-refractivity contribution in [3.8, 4) is 5.75 Å². The van der Waals surface area contributed by atoms with Gasteiger partial charge in [0.25, 0.3) is 0 Å². The van der Waals surface area contributed by atoms with Crippen LogP contribution >= 0.6 is 11.8 Å². The Bertz CT molecular complexity index is 785. The molecule has 1 saturated heterocycles. The van der Waals surface area contributed by atoms with Crippen LogP contribution in [0, 0.1) is 0 Å². The van der Waals surface area contributed by atoms with Gasteiger partial charge in [0, 0.05) is 5.75 Å². The molecule has 3 rings (SSSR count). The van der Waals surface area contributed by atoms with E-state index in [-0.39, 0.29) is 23.6 Å². The maximum atomic E-state index is 12.7. The summed E-state index contributed by atoms with van der Waals surface area (Å²) in [5, 5.41) is -0.216. The van der Waals surface area contributed by atoms with E-state index in [1.807, 2.05) is 12.1 Å². The Morgan fingerprint density at radius 1 is 1.42 bits per heavy atom. The molecule has 0 aliphatic carbocycles. The molecule has 1 aromatic carbocycles. The van der Waals surface area contributed by atoms with Gasteiger partial charge in [0.2, 0.25) is 5.91 Å². The molecule has 1 aromatic rings. The van der Waals surface area contributed by atoms with E-state index in [0.29, 0.717) is 5.75 Å². The third-order valence-electron chi connectivity index (χ3n) is 4.19. The van der Waals surface area contributed by atoms with Crippen molar-refractivity contribution in [3.05, 3.63) is 65.9 Å². The first-order valence-electron chi connectivity index (χ1n) is 8.09. The standard InChI is InChI=1S/C19H20N2O4S/c1-3-4-5-13-11-26-18-15(20)17(22)21(18)16(13)19(23)25-10-12-6-8-14(24-2)9-7-12/h3-9,15,18H,1,10-11,20H2,2H3/b5-4+/t15-,18+/m1/s1. The second-order valence-corrected chi connectivity index (χ2v) is 6.93. The maximum absolute atomic E-state index is 12.7. The Morgan fingerprint density at radius 2 is 2.15 bits per heavy atom. The smallest absolute Gasteiger partial charge is 0.355 e. The van der Waals surface area contributed by atoms with E-state index >= 15 is 0 Å².